The van der Waals surface area contributed by atoms with Gasteiger partial charge in [-0.1, -0.05) is 0 Å². The van der Waals surface area contributed by atoms with Gasteiger partial charge in [-0.2, -0.15) is 0 Å². The Morgan fingerprint density at radius 3 is 0.463 bits per heavy atom. The number of hydrogen-bond acceptors (Lipinski definition) is 8. The number of aromatic carboxylic acids is 8. The zero-order chi connectivity index (χ0) is 39.8. The maximum atomic E-state index is 12.1. The van der Waals surface area contributed by atoms with Crippen LogP contribution in [-0.2, 0) is 0 Å². The van der Waals surface area contributed by atoms with Crippen LogP contribution in [0.25, 0.3) is 44.5 Å². The molecule has 0 unspecified atom stereocenters. The maximum absolute atomic E-state index is 12.1. The van der Waals surface area contributed by atoms with Crippen LogP contribution in [0, 0.1) is 0 Å². The first kappa shape index (κ1) is 37.1. The molecule has 270 valence electrons. The third-order valence-corrected chi connectivity index (χ3v) is 8.11. The van der Waals surface area contributed by atoms with Gasteiger partial charge in [0.05, 0.1) is 44.5 Å². The zero-order valence-corrected chi connectivity index (χ0v) is 26.9. The fourth-order valence-corrected chi connectivity index (χ4v) is 5.68. The predicted molar refractivity (Wildman–Crippen MR) is 184 cm³/mol. The second-order valence-corrected chi connectivity index (χ2v) is 11.6. The summed E-state index contributed by atoms with van der Waals surface area (Å²) >= 11 is 0. The Balaban J connectivity index is 2.08. The van der Waals surface area contributed by atoms with Crippen molar-refractivity contribution in [1.82, 2.24) is 0 Å². The van der Waals surface area contributed by atoms with Crippen LogP contribution < -0.4 is 0 Å². The van der Waals surface area contributed by atoms with Crippen LogP contribution in [0.4, 0.5) is 0 Å². The average molecular weight is 735 g/mol. The number of hydrogen-bond donors (Lipinski definition) is 8. The van der Waals surface area contributed by atoms with E-state index < -0.39 is 92.3 Å². The summed E-state index contributed by atoms with van der Waals surface area (Å²) in [6.45, 7) is 0. The van der Waals surface area contributed by atoms with Gasteiger partial charge in [0.15, 0.2) is 0 Å². The van der Waals surface area contributed by atoms with Gasteiger partial charge < -0.3 is 40.9 Å². The van der Waals surface area contributed by atoms with Gasteiger partial charge in [0, 0.05) is 0 Å². The topological polar surface area (TPSA) is 298 Å². The van der Waals surface area contributed by atoms with E-state index in [-0.39, 0.29) is 44.5 Å². The molecule has 5 aromatic carbocycles. The van der Waals surface area contributed by atoms with E-state index in [1.54, 1.807) is 0 Å². The molecule has 0 amide bonds. The third kappa shape index (κ3) is 7.47. The van der Waals surface area contributed by atoms with E-state index in [0.717, 1.165) is 72.8 Å². The summed E-state index contributed by atoms with van der Waals surface area (Å²) < 4.78 is 0. The molecular formula is C38H22O16. The first-order valence-corrected chi connectivity index (χ1v) is 15.0. The summed E-state index contributed by atoms with van der Waals surface area (Å²) in [5, 5.41) is 78.8. The molecule has 0 aromatic heterocycles. The molecule has 5 rings (SSSR count). The molecule has 16 nitrogen and oxygen atoms in total. The van der Waals surface area contributed by atoms with E-state index in [9.17, 15) is 79.2 Å². The first-order valence-electron chi connectivity index (χ1n) is 15.0. The number of carboxylic acid groups (broad SMARTS) is 8. The summed E-state index contributed by atoms with van der Waals surface area (Å²) in [6.07, 6.45) is 0. The highest BCUT2D eigenvalue weighted by Gasteiger charge is 2.24. The first-order chi connectivity index (χ1) is 25.3. The Morgan fingerprint density at radius 1 is 0.222 bits per heavy atom. The van der Waals surface area contributed by atoms with E-state index in [1.807, 2.05) is 0 Å². The van der Waals surface area contributed by atoms with Gasteiger partial charge in [-0.3, -0.25) is 0 Å². The van der Waals surface area contributed by atoms with Gasteiger partial charge in [0.25, 0.3) is 0 Å². The minimum absolute atomic E-state index is 0.122. The van der Waals surface area contributed by atoms with E-state index in [2.05, 4.69) is 0 Å². The lowest BCUT2D eigenvalue weighted by Gasteiger charge is -2.20. The molecule has 0 heterocycles. The highest BCUT2D eigenvalue weighted by atomic mass is 16.4. The molecule has 0 bridgehead atoms. The summed E-state index contributed by atoms with van der Waals surface area (Å²) in [6, 6.07) is 14.1. The average Bonchev–Trinajstić information content (AvgIpc) is 3.13. The fraction of sp³-hybridized carbons (Fsp3) is 0. The molecule has 54 heavy (non-hydrogen) atoms. The normalized spacial score (nSPS) is 10.7. The van der Waals surface area contributed by atoms with E-state index in [0.29, 0.717) is 0 Å². The monoisotopic (exact) mass is 734 g/mol. The zero-order valence-electron chi connectivity index (χ0n) is 26.9. The van der Waals surface area contributed by atoms with Gasteiger partial charge in [0.1, 0.15) is 0 Å². The number of rotatable bonds is 12. The molecular weight excluding hydrogens is 712 g/mol. The smallest absolute Gasteiger partial charge is 0.335 e. The van der Waals surface area contributed by atoms with Crippen molar-refractivity contribution >= 4 is 47.8 Å². The van der Waals surface area contributed by atoms with Gasteiger partial charge in [-0.25, -0.2) is 38.4 Å². The van der Waals surface area contributed by atoms with Crippen LogP contribution in [0.2, 0.25) is 0 Å². The minimum Gasteiger partial charge on any atom is -0.478 e. The highest BCUT2D eigenvalue weighted by molar-refractivity contribution is 6.05. The van der Waals surface area contributed by atoms with Crippen molar-refractivity contribution in [2.45, 2.75) is 0 Å². The van der Waals surface area contributed by atoms with E-state index >= 15 is 0 Å². The largest absolute Gasteiger partial charge is 0.478 e. The van der Waals surface area contributed by atoms with Crippen LogP contribution >= 0.6 is 0 Å². The molecule has 0 fully saturated rings. The van der Waals surface area contributed by atoms with Crippen LogP contribution in [-0.4, -0.2) is 88.6 Å². The van der Waals surface area contributed by atoms with E-state index in [1.165, 1.54) is 12.1 Å². The summed E-state index contributed by atoms with van der Waals surface area (Å²) in [7, 11) is 0. The lowest BCUT2D eigenvalue weighted by molar-refractivity contribution is 0.0676. The van der Waals surface area contributed by atoms with Gasteiger partial charge >= 0.3 is 47.8 Å². The second-order valence-electron chi connectivity index (χ2n) is 11.6. The van der Waals surface area contributed by atoms with Crippen molar-refractivity contribution in [2.75, 3.05) is 0 Å². The van der Waals surface area contributed by atoms with Gasteiger partial charge in [-0.15, -0.1) is 0 Å². The van der Waals surface area contributed by atoms with Gasteiger partial charge in [-0.05, 0) is 129 Å². The maximum Gasteiger partial charge on any atom is 0.335 e. The van der Waals surface area contributed by atoms with Crippen LogP contribution in [0.5, 0.6) is 0 Å². The summed E-state index contributed by atoms with van der Waals surface area (Å²) in [4.78, 5) is 97.0. The van der Waals surface area contributed by atoms with Crippen molar-refractivity contribution in [2.24, 2.45) is 0 Å². The van der Waals surface area contributed by atoms with Crippen LogP contribution in [0.3, 0.4) is 0 Å². The molecule has 0 radical (unpaired) electrons. The van der Waals surface area contributed by atoms with Crippen molar-refractivity contribution in [1.29, 1.82) is 0 Å². The SMILES string of the molecule is O=C(O)c1cc(C(=O)O)cc(-c2cc(-c3cc(C(=O)O)cc(C(=O)O)c3)c(-c3cc(C(=O)O)cc(C(=O)O)c3)cc2-c2cc(C(=O)O)cc(C(=O)O)c2)c1. The molecule has 0 atom stereocenters. The molecule has 0 saturated carbocycles. The lowest BCUT2D eigenvalue weighted by atomic mass is 9.83. The number of carboxylic acids is 8. The Morgan fingerprint density at radius 2 is 0.352 bits per heavy atom. The summed E-state index contributed by atoms with van der Waals surface area (Å²) in [5.74, 6) is -12.5. The Hall–Kier alpha value is -8.14. The quantitative estimate of drug-likeness (QED) is 0.0735. The lowest BCUT2D eigenvalue weighted by Crippen LogP contribution is -2.06. The molecule has 5 aromatic rings. The minimum atomic E-state index is -1.56. The number of carbonyl (C=O) groups is 8. The van der Waals surface area contributed by atoms with Crippen molar-refractivity contribution < 1.29 is 79.2 Å². The Bertz CT molecular complexity index is 2050. The molecule has 0 aliphatic rings. The van der Waals surface area contributed by atoms with Crippen LogP contribution in [0.1, 0.15) is 82.9 Å². The molecule has 0 spiro atoms. The highest BCUT2D eigenvalue weighted by Crippen LogP contribution is 2.44. The van der Waals surface area contributed by atoms with Crippen LogP contribution in [0.15, 0.2) is 84.9 Å². The Kier molecular flexibility index (Phi) is 9.79. The molecule has 0 saturated heterocycles. The predicted octanol–water partition coefficient (Wildman–Crippen LogP) is 5.94. The molecule has 16 heteroatoms. The second kappa shape index (κ2) is 14.2. The van der Waals surface area contributed by atoms with Crippen molar-refractivity contribution in [3.63, 3.8) is 0 Å². The molecule has 8 N–H and O–H groups in total. The third-order valence-electron chi connectivity index (χ3n) is 8.11. The Labute approximate surface area is 300 Å². The molecule has 0 aliphatic heterocycles. The standard InChI is InChI=1S/C38H22O16/c39-31(40)19-1-15(2-20(9-19)32(41)42)27-13-29(17-5-23(35(47)48)11-24(6-17)36(49)50)30(18-7-25(37(51)52)12-26(8-18)38(53)54)14-28(27)16-3-21(33(43)44)10-22(4-16)34(45)46/h1-14H,(H,39,40)(H,41,42)(H,43,44)(H,45,46)(H,47,48)(H,49,50)(H,51,52)(H,53,54). The fourth-order valence-electron chi connectivity index (χ4n) is 5.68. The van der Waals surface area contributed by atoms with E-state index in [4.69, 9.17) is 0 Å². The number of benzene rings is 5. The van der Waals surface area contributed by atoms with Crippen molar-refractivity contribution in [3.05, 3.63) is 129 Å². The van der Waals surface area contributed by atoms with Crippen molar-refractivity contribution in [3.8, 4) is 44.5 Å². The van der Waals surface area contributed by atoms with Gasteiger partial charge in [0.2, 0.25) is 0 Å². The molecule has 0 aliphatic carbocycles. The summed E-state index contributed by atoms with van der Waals surface area (Å²) in [5.41, 5.74) is -5.40.